The average molecular weight is 483 g/mol. The minimum Gasteiger partial charge on any atom is -0.404 e. The van der Waals surface area contributed by atoms with Gasteiger partial charge in [-0.05, 0) is 42.6 Å². The molecule has 2 heterocycles. The molecule has 0 unspecified atom stereocenters. The van der Waals surface area contributed by atoms with Gasteiger partial charge >= 0.3 is 0 Å². The first-order chi connectivity index (χ1) is 16.0. The number of rotatable bonds is 6. The minimum absolute atomic E-state index is 0.0913. The molecular weight excluding hydrogens is 444 g/mol. The molecule has 6 heteroatoms. The molecule has 184 valence electrons. The molecule has 2 aromatic carbocycles. The van der Waals surface area contributed by atoms with Crippen molar-refractivity contribution in [2.45, 2.75) is 83.0 Å². The van der Waals surface area contributed by atoms with Crippen LogP contribution in [-0.4, -0.2) is 50.9 Å². The molecule has 2 aliphatic heterocycles. The fourth-order valence-electron chi connectivity index (χ4n) is 5.30. The summed E-state index contributed by atoms with van der Waals surface area (Å²) in [6.07, 6.45) is 0.218. The Morgan fingerprint density at radius 3 is 1.97 bits per heavy atom. The van der Waals surface area contributed by atoms with Gasteiger partial charge in [-0.3, -0.25) is 4.79 Å². The third-order valence-corrected chi connectivity index (χ3v) is 12.2. The zero-order valence-electron chi connectivity index (χ0n) is 21.3. The van der Waals surface area contributed by atoms with E-state index in [9.17, 15) is 4.79 Å². The van der Waals surface area contributed by atoms with Crippen LogP contribution < -0.4 is 10.4 Å². The Hall–Kier alpha value is -1.83. The van der Waals surface area contributed by atoms with E-state index in [1.807, 2.05) is 32.9 Å². The number of carbonyl (C=O) groups is 1. The molecule has 0 bridgehead atoms. The monoisotopic (exact) mass is 482 g/mol. The van der Waals surface area contributed by atoms with E-state index in [-0.39, 0.29) is 23.5 Å². The highest BCUT2D eigenvalue weighted by Crippen LogP contribution is 2.40. The van der Waals surface area contributed by atoms with E-state index in [1.54, 1.807) is 0 Å². The van der Waals surface area contributed by atoms with Crippen LogP contribution in [0.1, 0.15) is 54.4 Å². The Balaban J connectivity index is 1.64. The lowest BCUT2D eigenvalue weighted by Gasteiger charge is -2.45. The van der Waals surface area contributed by atoms with Gasteiger partial charge in [0.15, 0.2) is 11.6 Å². The van der Waals surface area contributed by atoms with Crippen LogP contribution in [0.3, 0.4) is 0 Å². The molecule has 2 aromatic rings. The molecule has 0 aromatic heterocycles. The Morgan fingerprint density at radius 2 is 1.50 bits per heavy atom. The largest absolute Gasteiger partial charge is 0.404 e. The molecule has 0 radical (unpaired) electrons. The number of hydrogen-bond acceptors (Lipinski definition) is 5. The van der Waals surface area contributed by atoms with Crippen LogP contribution >= 0.6 is 0 Å². The quantitative estimate of drug-likeness (QED) is 0.577. The van der Waals surface area contributed by atoms with Crippen molar-refractivity contribution >= 4 is 24.5 Å². The zero-order valence-corrected chi connectivity index (χ0v) is 22.3. The average Bonchev–Trinajstić information content (AvgIpc) is 3.18. The van der Waals surface area contributed by atoms with E-state index >= 15 is 0 Å². The highest BCUT2D eigenvalue weighted by Gasteiger charge is 2.53. The third-order valence-electron chi connectivity index (χ3n) is 7.20. The Kier molecular flexibility index (Phi) is 6.93. The number of benzene rings is 2. The molecule has 2 saturated heterocycles. The summed E-state index contributed by atoms with van der Waals surface area (Å²) < 4.78 is 25.4. The molecule has 0 aliphatic carbocycles. The van der Waals surface area contributed by atoms with Crippen molar-refractivity contribution in [3.63, 3.8) is 0 Å². The van der Waals surface area contributed by atoms with E-state index in [2.05, 4.69) is 69.3 Å². The molecule has 2 fully saturated rings. The lowest BCUT2D eigenvalue weighted by atomic mass is 9.88. The highest BCUT2D eigenvalue weighted by molar-refractivity contribution is 6.99. The van der Waals surface area contributed by atoms with Crippen LogP contribution in [-0.2, 0) is 23.4 Å². The van der Waals surface area contributed by atoms with Crippen LogP contribution in [0.15, 0.2) is 60.7 Å². The van der Waals surface area contributed by atoms with E-state index in [4.69, 9.17) is 18.6 Å². The predicted octanol–water partition coefficient (Wildman–Crippen LogP) is 4.22. The summed E-state index contributed by atoms with van der Waals surface area (Å²) in [5.74, 6) is -0.548. The Bertz CT molecular complexity index is 945. The SMILES string of the molecule is CC1(C)OC[C@H]([C@]2(C)CCC(=O)[C@@H](CO[Si](c3ccccc3)(c3ccccc3)C(C)(C)C)O2)O1. The maximum absolute atomic E-state index is 13.0. The minimum atomic E-state index is -2.75. The maximum atomic E-state index is 13.0. The molecule has 0 N–H and O–H groups in total. The summed E-state index contributed by atoms with van der Waals surface area (Å²) in [5.41, 5.74) is -0.596. The lowest BCUT2D eigenvalue weighted by Crippen LogP contribution is -2.67. The van der Waals surface area contributed by atoms with Crippen molar-refractivity contribution in [1.82, 2.24) is 0 Å². The number of Topliss-reactive ketones (excluding diaryl/α,β-unsaturated/α-hetero) is 1. The summed E-state index contributed by atoms with van der Waals surface area (Å²) in [6, 6.07) is 20.9. The first-order valence-corrected chi connectivity index (χ1v) is 14.1. The van der Waals surface area contributed by atoms with Gasteiger partial charge in [0, 0.05) is 6.42 Å². The lowest BCUT2D eigenvalue weighted by molar-refractivity contribution is -0.207. The normalized spacial score (nSPS) is 27.6. The summed E-state index contributed by atoms with van der Waals surface area (Å²) in [4.78, 5) is 13.0. The summed E-state index contributed by atoms with van der Waals surface area (Å²) >= 11 is 0. The number of ether oxygens (including phenoxy) is 3. The second kappa shape index (κ2) is 9.32. The number of carbonyl (C=O) groups excluding carboxylic acids is 1. The van der Waals surface area contributed by atoms with Crippen molar-refractivity contribution in [3.8, 4) is 0 Å². The molecular formula is C28H38O5Si. The molecule has 4 rings (SSSR count). The van der Waals surface area contributed by atoms with Gasteiger partial charge < -0.3 is 18.6 Å². The van der Waals surface area contributed by atoms with Gasteiger partial charge in [0.1, 0.15) is 12.2 Å². The van der Waals surface area contributed by atoms with Crippen LogP contribution in [0.4, 0.5) is 0 Å². The van der Waals surface area contributed by atoms with Crippen molar-refractivity contribution in [2.24, 2.45) is 0 Å². The molecule has 5 nitrogen and oxygen atoms in total. The van der Waals surface area contributed by atoms with Gasteiger partial charge in [0.25, 0.3) is 8.32 Å². The molecule has 2 aliphatic rings. The molecule has 0 amide bonds. The summed E-state index contributed by atoms with van der Waals surface area (Å²) in [7, 11) is -2.75. The second-order valence-corrected chi connectivity index (χ2v) is 15.5. The fraction of sp³-hybridized carbons (Fsp3) is 0.536. The van der Waals surface area contributed by atoms with E-state index < -0.39 is 25.8 Å². The van der Waals surface area contributed by atoms with Gasteiger partial charge in [-0.15, -0.1) is 0 Å². The molecule has 3 atom stereocenters. The van der Waals surface area contributed by atoms with Crippen molar-refractivity contribution in [3.05, 3.63) is 60.7 Å². The summed E-state index contributed by atoms with van der Waals surface area (Å²) in [5, 5.41) is 2.21. The van der Waals surface area contributed by atoms with Gasteiger partial charge in [0.2, 0.25) is 0 Å². The van der Waals surface area contributed by atoms with Crippen LogP contribution in [0, 0.1) is 0 Å². The molecule has 0 spiro atoms. The van der Waals surface area contributed by atoms with Gasteiger partial charge in [0.05, 0.1) is 18.8 Å². The standard InChI is InChI=1S/C28H38O5Si/c1-26(2,3)34(21-13-9-7-10-14-21,22-15-11-8-12-16-22)31-19-24-23(29)17-18-28(6,32-24)25-20-30-27(4,5)33-25/h7-16,24-25H,17-20H2,1-6H3/t24-,25-,28+/m1/s1. The fourth-order valence-corrected chi connectivity index (χ4v) is 9.85. The highest BCUT2D eigenvalue weighted by atomic mass is 28.4. The number of ketones is 1. The molecule has 34 heavy (non-hydrogen) atoms. The summed E-state index contributed by atoms with van der Waals surface area (Å²) in [6.45, 7) is 13.2. The predicted molar refractivity (Wildman–Crippen MR) is 136 cm³/mol. The van der Waals surface area contributed by atoms with Gasteiger partial charge in [-0.2, -0.15) is 0 Å². The smallest absolute Gasteiger partial charge is 0.261 e. The van der Waals surface area contributed by atoms with E-state index in [1.165, 1.54) is 10.4 Å². The third kappa shape index (κ3) is 4.79. The van der Waals surface area contributed by atoms with Crippen molar-refractivity contribution < 1.29 is 23.4 Å². The maximum Gasteiger partial charge on any atom is 0.261 e. The van der Waals surface area contributed by atoms with Crippen LogP contribution in [0.5, 0.6) is 0 Å². The van der Waals surface area contributed by atoms with Crippen molar-refractivity contribution in [2.75, 3.05) is 13.2 Å². The van der Waals surface area contributed by atoms with Crippen molar-refractivity contribution in [1.29, 1.82) is 0 Å². The Morgan fingerprint density at radius 1 is 0.941 bits per heavy atom. The second-order valence-electron chi connectivity index (χ2n) is 11.2. The van der Waals surface area contributed by atoms with E-state index in [0.29, 0.717) is 19.4 Å². The van der Waals surface area contributed by atoms with E-state index in [0.717, 1.165) is 0 Å². The number of hydrogen-bond donors (Lipinski definition) is 0. The van der Waals surface area contributed by atoms with Gasteiger partial charge in [-0.25, -0.2) is 0 Å². The Labute approximate surface area is 204 Å². The van der Waals surface area contributed by atoms with Crippen LogP contribution in [0.2, 0.25) is 5.04 Å². The molecule has 0 saturated carbocycles. The first kappa shape index (κ1) is 25.3. The zero-order chi connectivity index (χ0) is 24.6. The van der Waals surface area contributed by atoms with Gasteiger partial charge in [-0.1, -0.05) is 81.4 Å². The first-order valence-electron chi connectivity index (χ1n) is 12.2. The topological polar surface area (TPSA) is 54.0 Å². The van der Waals surface area contributed by atoms with Crippen LogP contribution in [0.25, 0.3) is 0 Å².